The molecule has 74 valence electrons. The molecule has 0 aliphatic rings. The summed E-state index contributed by atoms with van der Waals surface area (Å²) >= 11 is 7.04. The molecule has 2 heterocycles. The van der Waals surface area contributed by atoms with Crippen molar-refractivity contribution in [3.63, 3.8) is 0 Å². The predicted molar refractivity (Wildman–Crippen MR) is 55.6 cm³/mol. The lowest BCUT2D eigenvalue weighted by atomic mass is 10.4. The lowest BCUT2D eigenvalue weighted by molar-refractivity contribution is 0.402. The fraction of sp³-hybridized carbons (Fsp3) is 0.250. The van der Waals surface area contributed by atoms with Gasteiger partial charge in [0.2, 0.25) is 5.75 Å². The van der Waals surface area contributed by atoms with Crippen molar-refractivity contribution in [2.24, 2.45) is 0 Å². The maximum Gasteiger partial charge on any atom is 0.301 e. The quantitative estimate of drug-likeness (QED) is 0.749. The lowest BCUT2D eigenvalue weighted by Gasteiger charge is -2.02. The van der Waals surface area contributed by atoms with E-state index in [1.54, 1.807) is 13.1 Å². The molecule has 0 fully saturated rings. The number of ether oxygens (including phenoxy) is 1. The van der Waals surface area contributed by atoms with Gasteiger partial charge in [0.05, 0.1) is 12.8 Å². The molecule has 0 aliphatic heterocycles. The number of halogens is 1. The summed E-state index contributed by atoms with van der Waals surface area (Å²) in [7, 11) is 1.45. The van der Waals surface area contributed by atoms with Crippen molar-refractivity contribution in [3.05, 3.63) is 26.6 Å². The molecule has 0 atom stereocenters. The monoisotopic (exact) mass is 230 g/mol. The summed E-state index contributed by atoms with van der Waals surface area (Å²) in [5.41, 5.74) is 0.356. The summed E-state index contributed by atoms with van der Waals surface area (Å²) < 4.78 is 6.88. The molecule has 0 radical (unpaired) electrons. The van der Waals surface area contributed by atoms with Crippen LogP contribution in [0, 0.1) is 6.92 Å². The van der Waals surface area contributed by atoms with Crippen LogP contribution in [-0.2, 0) is 0 Å². The molecule has 0 unspecified atom stereocenters. The van der Waals surface area contributed by atoms with Crippen molar-refractivity contribution in [2.45, 2.75) is 6.92 Å². The molecular formula is C8H7ClN2O2S. The molecule has 0 amide bonds. The van der Waals surface area contributed by atoms with Crippen molar-refractivity contribution in [1.82, 2.24) is 9.38 Å². The van der Waals surface area contributed by atoms with Crippen LogP contribution in [-0.4, -0.2) is 16.5 Å². The van der Waals surface area contributed by atoms with Gasteiger partial charge in [-0.3, -0.25) is 9.20 Å². The van der Waals surface area contributed by atoms with Crippen LogP contribution < -0.4 is 10.3 Å². The first-order valence-corrected chi connectivity index (χ1v) is 5.05. The third kappa shape index (κ3) is 1.29. The average molecular weight is 231 g/mol. The number of thiazole rings is 1. The Hall–Kier alpha value is -1.07. The minimum absolute atomic E-state index is 0.224. The van der Waals surface area contributed by atoms with Gasteiger partial charge in [0, 0.05) is 6.20 Å². The number of nitrogens with zero attached hydrogens (tertiary/aromatic N) is 2. The first kappa shape index (κ1) is 9.48. The number of methoxy groups -OCH3 is 1. The Morgan fingerprint density at radius 2 is 2.36 bits per heavy atom. The van der Waals surface area contributed by atoms with E-state index in [4.69, 9.17) is 16.3 Å². The summed E-state index contributed by atoms with van der Waals surface area (Å²) in [6.07, 6.45) is 1.54. The molecule has 14 heavy (non-hydrogen) atoms. The Kier molecular flexibility index (Phi) is 2.20. The molecule has 0 spiro atoms. The van der Waals surface area contributed by atoms with Crippen molar-refractivity contribution in [1.29, 1.82) is 0 Å². The largest absolute Gasteiger partial charge is 0.490 e. The Morgan fingerprint density at radius 3 is 3.00 bits per heavy atom. The van der Waals surface area contributed by atoms with E-state index in [0.717, 1.165) is 0 Å². The Labute approximate surface area is 88.7 Å². The number of hydrogen-bond donors (Lipinski definition) is 0. The first-order chi connectivity index (χ1) is 6.63. The fourth-order valence-electron chi connectivity index (χ4n) is 1.24. The summed E-state index contributed by atoms with van der Waals surface area (Å²) in [6.45, 7) is 1.73. The maximum absolute atomic E-state index is 11.7. The molecule has 4 nitrogen and oxygen atoms in total. The van der Waals surface area contributed by atoms with E-state index >= 15 is 0 Å². The molecule has 0 aliphatic carbocycles. The van der Waals surface area contributed by atoms with E-state index in [-0.39, 0.29) is 11.3 Å². The number of aromatic nitrogens is 2. The van der Waals surface area contributed by atoms with E-state index < -0.39 is 0 Å². The van der Waals surface area contributed by atoms with Gasteiger partial charge in [0.15, 0.2) is 4.96 Å². The van der Waals surface area contributed by atoms with Gasteiger partial charge in [0.1, 0.15) is 4.34 Å². The van der Waals surface area contributed by atoms with E-state index in [1.165, 1.54) is 22.8 Å². The van der Waals surface area contributed by atoms with Crippen LogP contribution in [0.25, 0.3) is 4.96 Å². The zero-order valence-corrected chi connectivity index (χ0v) is 9.15. The van der Waals surface area contributed by atoms with Gasteiger partial charge in [-0.1, -0.05) is 22.9 Å². The van der Waals surface area contributed by atoms with Crippen molar-refractivity contribution in [3.8, 4) is 5.75 Å². The molecule has 2 aromatic rings. The predicted octanol–water partition coefficient (Wildman–Crippen LogP) is 1.73. The third-order valence-corrected chi connectivity index (χ3v) is 2.93. The highest BCUT2D eigenvalue weighted by molar-refractivity contribution is 7.20. The Balaban J connectivity index is 2.92. The van der Waals surface area contributed by atoms with Gasteiger partial charge in [-0.25, -0.2) is 4.98 Å². The number of hydrogen-bond acceptors (Lipinski definition) is 4. The van der Waals surface area contributed by atoms with E-state index in [2.05, 4.69) is 4.98 Å². The van der Waals surface area contributed by atoms with Crippen LogP contribution in [0.15, 0.2) is 11.0 Å². The highest BCUT2D eigenvalue weighted by atomic mass is 35.5. The van der Waals surface area contributed by atoms with Crippen LogP contribution in [0.2, 0.25) is 4.34 Å². The molecule has 0 N–H and O–H groups in total. The molecule has 6 heteroatoms. The molecule has 0 saturated heterocycles. The second-order valence-electron chi connectivity index (χ2n) is 2.72. The SMILES string of the molecule is COc1c(C)nc2sc(Cl)cn2c1=O. The Bertz CT molecular complexity index is 546. The first-order valence-electron chi connectivity index (χ1n) is 3.86. The van der Waals surface area contributed by atoms with Gasteiger partial charge >= 0.3 is 5.56 Å². The van der Waals surface area contributed by atoms with Crippen molar-refractivity contribution < 1.29 is 4.74 Å². The molecule has 2 rings (SSSR count). The van der Waals surface area contributed by atoms with Crippen LogP contribution >= 0.6 is 22.9 Å². The molecular weight excluding hydrogens is 224 g/mol. The van der Waals surface area contributed by atoms with Crippen LogP contribution in [0.5, 0.6) is 5.75 Å². The molecule has 0 aromatic carbocycles. The number of rotatable bonds is 1. The summed E-state index contributed by atoms with van der Waals surface area (Å²) in [4.78, 5) is 16.5. The van der Waals surface area contributed by atoms with E-state index in [0.29, 0.717) is 15.0 Å². The summed E-state index contributed by atoms with van der Waals surface area (Å²) in [6, 6.07) is 0. The van der Waals surface area contributed by atoms with Gasteiger partial charge in [0.25, 0.3) is 0 Å². The van der Waals surface area contributed by atoms with Gasteiger partial charge in [-0.2, -0.15) is 0 Å². The highest BCUT2D eigenvalue weighted by Gasteiger charge is 2.11. The van der Waals surface area contributed by atoms with Gasteiger partial charge < -0.3 is 4.74 Å². The zero-order chi connectivity index (χ0) is 10.3. The van der Waals surface area contributed by atoms with Gasteiger partial charge in [-0.15, -0.1) is 0 Å². The molecule has 2 aromatic heterocycles. The van der Waals surface area contributed by atoms with Crippen molar-refractivity contribution in [2.75, 3.05) is 7.11 Å². The van der Waals surface area contributed by atoms with Crippen molar-refractivity contribution >= 4 is 27.9 Å². The topological polar surface area (TPSA) is 43.6 Å². The van der Waals surface area contributed by atoms with Crippen LogP contribution in [0.4, 0.5) is 0 Å². The third-order valence-electron chi connectivity index (χ3n) is 1.83. The lowest BCUT2D eigenvalue weighted by Crippen LogP contribution is -2.16. The Morgan fingerprint density at radius 1 is 1.64 bits per heavy atom. The van der Waals surface area contributed by atoms with Crippen LogP contribution in [0.1, 0.15) is 5.69 Å². The summed E-state index contributed by atoms with van der Waals surface area (Å²) in [5, 5.41) is 0. The van der Waals surface area contributed by atoms with Crippen LogP contribution in [0.3, 0.4) is 0 Å². The number of aryl methyl sites for hydroxylation is 1. The second kappa shape index (κ2) is 3.25. The normalized spacial score (nSPS) is 10.8. The molecule has 0 saturated carbocycles. The average Bonchev–Trinajstić information content (AvgIpc) is 2.47. The fourth-order valence-corrected chi connectivity index (χ4v) is 2.29. The standard InChI is InChI=1S/C8H7ClN2O2S/c1-4-6(13-2)7(12)11-3-5(9)14-8(11)10-4/h3H,1-2H3. The van der Waals surface area contributed by atoms with E-state index in [1.807, 2.05) is 0 Å². The summed E-state index contributed by atoms with van der Waals surface area (Å²) in [5.74, 6) is 0.261. The minimum atomic E-state index is -0.224. The minimum Gasteiger partial charge on any atom is -0.490 e. The smallest absolute Gasteiger partial charge is 0.301 e. The second-order valence-corrected chi connectivity index (χ2v) is 4.36. The van der Waals surface area contributed by atoms with E-state index in [9.17, 15) is 4.79 Å². The maximum atomic E-state index is 11.7. The highest BCUT2D eigenvalue weighted by Crippen LogP contribution is 2.21. The van der Waals surface area contributed by atoms with Gasteiger partial charge in [-0.05, 0) is 6.92 Å². The molecule has 0 bridgehead atoms. The zero-order valence-electron chi connectivity index (χ0n) is 7.57. The number of fused-ring (bicyclic) bond motifs is 1.